The second-order valence-corrected chi connectivity index (χ2v) is 8.07. The molecule has 0 N–H and O–H groups in total. The molecule has 0 radical (unpaired) electrons. The number of rotatable bonds is 3. The van der Waals surface area contributed by atoms with Crippen molar-refractivity contribution in [2.45, 2.75) is 11.8 Å². The van der Waals surface area contributed by atoms with Crippen molar-refractivity contribution in [3.8, 4) is 11.1 Å². The highest BCUT2D eigenvalue weighted by atomic mass is 32.2. The largest absolute Gasteiger partial charge is 0.286 e. The number of hydrogen-bond acceptors (Lipinski definition) is 4. The summed E-state index contributed by atoms with van der Waals surface area (Å²) in [5.41, 5.74) is 2.35. The van der Waals surface area contributed by atoms with Crippen LogP contribution in [0.5, 0.6) is 0 Å². The Bertz CT molecular complexity index is 1220. The van der Waals surface area contributed by atoms with Crippen molar-refractivity contribution in [2.75, 3.05) is 0 Å². The number of Topliss-reactive ketones (excluding diaryl/α,β-unsaturated/α-hetero) is 1. The van der Waals surface area contributed by atoms with E-state index in [1.54, 1.807) is 24.3 Å². The van der Waals surface area contributed by atoms with Gasteiger partial charge in [-0.15, -0.1) is 0 Å². The summed E-state index contributed by atoms with van der Waals surface area (Å²) in [5.74, 6) is -1.36. The first-order chi connectivity index (χ1) is 12.9. The normalized spacial score (nSPS) is 13.7. The van der Waals surface area contributed by atoms with E-state index in [-0.39, 0.29) is 16.2 Å². The van der Waals surface area contributed by atoms with Gasteiger partial charge in [-0.2, -0.15) is 0 Å². The van der Waals surface area contributed by atoms with Crippen molar-refractivity contribution in [3.05, 3.63) is 83.7 Å². The van der Waals surface area contributed by atoms with Gasteiger partial charge in [0.15, 0.2) is 0 Å². The Morgan fingerprint density at radius 2 is 1.48 bits per heavy atom. The molecule has 3 aromatic rings. The van der Waals surface area contributed by atoms with Gasteiger partial charge in [0.25, 0.3) is 10.0 Å². The fourth-order valence-electron chi connectivity index (χ4n) is 3.23. The molecule has 1 aliphatic rings. The van der Waals surface area contributed by atoms with Gasteiger partial charge in [0.2, 0.25) is 11.6 Å². The molecule has 6 heteroatoms. The highest BCUT2D eigenvalue weighted by Gasteiger charge is 2.32. The molecule has 0 spiro atoms. The molecule has 0 amide bonds. The average molecular weight is 377 g/mol. The van der Waals surface area contributed by atoms with E-state index < -0.39 is 21.6 Å². The van der Waals surface area contributed by atoms with Gasteiger partial charge in [-0.3, -0.25) is 9.59 Å². The van der Waals surface area contributed by atoms with Gasteiger partial charge in [-0.1, -0.05) is 42.5 Å². The second kappa shape index (κ2) is 6.17. The molecule has 0 fully saturated rings. The molecule has 1 aromatic heterocycles. The molecule has 0 bridgehead atoms. The molecule has 1 aliphatic carbocycles. The first kappa shape index (κ1) is 17.2. The number of carbonyl (C=O) groups is 2. The summed E-state index contributed by atoms with van der Waals surface area (Å²) in [6, 6.07) is 15.3. The highest BCUT2D eigenvalue weighted by molar-refractivity contribution is 7.90. The molecule has 0 saturated heterocycles. The van der Waals surface area contributed by atoms with Gasteiger partial charge in [-0.05, 0) is 42.3 Å². The molecule has 0 unspecified atom stereocenters. The Hall–Kier alpha value is -3.25. The third-order valence-corrected chi connectivity index (χ3v) is 6.28. The van der Waals surface area contributed by atoms with Crippen LogP contribution < -0.4 is 0 Å². The number of nitrogens with zero attached hydrogens (tertiary/aromatic N) is 1. The van der Waals surface area contributed by atoms with Crippen LogP contribution in [0.15, 0.2) is 71.8 Å². The molecular weight excluding hydrogens is 362 g/mol. The lowest BCUT2D eigenvalue weighted by Gasteiger charge is -2.11. The highest BCUT2D eigenvalue weighted by Crippen LogP contribution is 2.35. The fourth-order valence-corrected chi connectivity index (χ4v) is 4.62. The molecule has 4 rings (SSSR count). The number of allylic oxidation sites excluding steroid dienone is 1. The van der Waals surface area contributed by atoms with E-state index in [2.05, 4.69) is 0 Å². The second-order valence-electron chi connectivity index (χ2n) is 6.26. The minimum atomic E-state index is -3.92. The number of carbonyl (C=O) groups excluding carboxylic acids is 2. The molecular formula is C21H15NO4S. The van der Waals surface area contributed by atoms with Gasteiger partial charge < -0.3 is 0 Å². The van der Waals surface area contributed by atoms with Crippen molar-refractivity contribution < 1.29 is 18.0 Å². The maximum Gasteiger partial charge on any atom is 0.268 e. The van der Waals surface area contributed by atoms with Gasteiger partial charge in [-0.25, -0.2) is 12.4 Å². The number of benzene rings is 2. The summed E-state index contributed by atoms with van der Waals surface area (Å²) >= 11 is 0. The van der Waals surface area contributed by atoms with E-state index in [1.165, 1.54) is 24.4 Å². The van der Waals surface area contributed by atoms with Crippen LogP contribution in [0.1, 0.15) is 21.6 Å². The van der Waals surface area contributed by atoms with E-state index in [1.807, 2.05) is 25.1 Å². The lowest BCUT2D eigenvalue weighted by atomic mass is 9.92. The average Bonchev–Trinajstić information content (AvgIpc) is 3.07. The SMILES string of the molecule is Cc1ccccc1-c1cn(S(=O)(=O)c2ccccc2)c2c1C(=O)C(=O)C=C2. The zero-order valence-electron chi connectivity index (χ0n) is 14.4. The van der Waals surface area contributed by atoms with E-state index in [0.29, 0.717) is 11.1 Å². The lowest BCUT2D eigenvalue weighted by molar-refractivity contribution is -0.110. The minimum Gasteiger partial charge on any atom is -0.286 e. The number of aromatic nitrogens is 1. The van der Waals surface area contributed by atoms with E-state index in [0.717, 1.165) is 15.6 Å². The first-order valence-electron chi connectivity index (χ1n) is 8.30. The van der Waals surface area contributed by atoms with E-state index >= 15 is 0 Å². The minimum absolute atomic E-state index is 0.108. The maximum absolute atomic E-state index is 13.2. The summed E-state index contributed by atoms with van der Waals surface area (Å²) in [7, 11) is -3.92. The third-order valence-electron chi connectivity index (χ3n) is 4.59. The molecule has 1 heterocycles. The Labute approximate surface area is 156 Å². The molecule has 0 saturated carbocycles. The van der Waals surface area contributed by atoms with Gasteiger partial charge in [0.05, 0.1) is 16.2 Å². The topological polar surface area (TPSA) is 73.2 Å². The monoisotopic (exact) mass is 377 g/mol. The molecule has 27 heavy (non-hydrogen) atoms. The predicted molar refractivity (Wildman–Crippen MR) is 102 cm³/mol. The Balaban J connectivity index is 2.05. The van der Waals surface area contributed by atoms with Crippen molar-refractivity contribution in [1.29, 1.82) is 0 Å². The molecule has 0 aliphatic heterocycles. The predicted octanol–water partition coefficient (Wildman–Crippen LogP) is 3.48. The van der Waals surface area contributed by atoms with Gasteiger partial charge >= 0.3 is 0 Å². The van der Waals surface area contributed by atoms with Crippen LogP contribution in [0.25, 0.3) is 17.2 Å². The van der Waals surface area contributed by atoms with Crippen LogP contribution in [0, 0.1) is 6.92 Å². The van der Waals surface area contributed by atoms with Crippen LogP contribution in [0.2, 0.25) is 0 Å². The third kappa shape index (κ3) is 2.65. The zero-order chi connectivity index (χ0) is 19.2. The lowest BCUT2D eigenvalue weighted by Crippen LogP contribution is -2.20. The smallest absolute Gasteiger partial charge is 0.268 e. The van der Waals surface area contributed by atoms with Crippen molar-refractivity contribution >= 4 is 27.7 Å². The van der Waals surface area contributed by atoms with Crippen LogP contribution in [-0.2, 0) is 14.8 Å². The maximum atomic E-state index is 13.2. The Morgan fingerprint density at radius 3 is 2.19 bits per heavy atom. The molecule has 5 nitrogen and oxygen atoms in total. The Kier molecular flexibility index (Phi) is 3.93. The first-order valence-corrected chi connectivity index (χ1v) is 9.74. The number of hydrogen-bond donors (Lipinski definition) is 0. The summed E-state index contributed by atoms with van der Waals surface area (Å²) in [6.07, 6.45) is 3.93. The summed E-state index contributed by atoms with van der Waals surface area (Å²) in [5, 5.41) is 0. The number of aryl methyl sites for hydroxylation is 1. The summed E-state index contributed by atoms with van der Waals surface area (Å²) in [6.45, 7) is 1.87. The zero-order valence-corrected chi connectivity index (χ0v) is 15.2. The molecule has 134 valence electrons. The molecule has 2 aromatic carbocycles. The van der Waals surface area contributed by atoms with Crippen LogP contribution in [0.4, 0.5) is 0 Å². The summed E-state index contributed by atoms with van der Waals surface area (Å²) in [4.78, 5) is 24.7. The standard InChI is InChI=1S/C21H15NO4S/c1-14-7-5-6-10-16(14)17-13-22(18-11-12-19(23)21(24)20(17)18)27(25,26)15-8-3-2-4-9-15/h2-13H,1H3. The van der Waals surface area contributed by atoms with E-state index in [9.17, 15) is 18.0 Å². The van der Waals surface area contributed by atoms with Crippen molar-refractivity contribution in [3.63, 3.8) is 0 Å². The Morgan fingerprint density at radius 1 is 0.815 bits per heavy atom. The van der Waals surface area contributed by atoms with Gasteiger partial charge in [0.1, 0.15) is 0 Å². The quantitative estimate of drug-likeness (QED) is 0.655. The van der Waals surface area contributed by atoms with Crippen molar-refractivity contribution in [2.24, 2.45) is 0 Å². The van der Waals surface area contributed by atoms with Crippen LogP contribution in [0.3, 0.4) is 0 Å². The number of fused-ring (bicyclic) bond motifs is 1. The van der Waals surface area contributed by atoms with Gasteiger partial charge in [0, 0.05) is 11.8 Å². The number of ketones is 2. The summed E-state index contributed by atoms with van der Waals surface area (Å²) < 4.78 is 27.4. The van der Waals surface area contributed by atoms with E-state index in [4.69, 9.17) is 0 Å². The van der Waals surface area contributed by atoms with Crippen LogP contribution >= 0.6 is 0 Å². The van der Waals surface area contributed by atoms with Crippen LogP contribution in [-0.4, -0.2) is 24.0 Å². The fraction of sp³-hybridized carbons (Fsp3) is 0.0476. The van der Waals surface area contributed by atoms with Crippen molar-refractivity contribution in [1.82, 2.24) is 3.97 Å². The molecule has 0 atom stereocenters.